The number of halogens is 1. The predicted octanol–water partition coefficient (Wildman–Crippen LogP) is 5.86. The molecule has 5 rings (SSSR count). The summed E-state index contributed by atoms with van der Waals surface area (Å²) in [6.07, 6.45) is 2.42. The number of likely N-dealkylation sites (tertiary alicyclic amines) is 1. The second-order valence-corrected chi connectivity index (χ2v) is 10.4. The molecule has 0 N–H and O–H groups in total. The first kappa shape index (κ1) is 25.2. The van der Waals surface area contributed by atoms with Gasteiger partial charge in [0.2, 0.25) is 0 Å². The Labute approximate surface area is 218 Å². The van der Waals surface area contributed by atoms with Gasteiger partial charge in [0.05, 0.1) is 13.2 Å². The molecule has 36 heavy (non-hydrogen) atoms. The molecule has 1 saturated heterocycles. The molecular formula is C29H35ClN2O4. The van der Waals surface area contributed by atoms with Crippen LogP contribution in [-0.4, -0.2) is 56.8 Å². The fourth-order valence-corrected chi connectivity index (χ4v) is 5.37. The van der Waals surface area contributed by atoms with Crippen LogP contribution >= 0.6 is 11.6 Å². The third-order valence-corrected chi connectivity index (χ3v) is 7.15. The SMILES string of the molecule is COCc1ccc(CN2CCOc3c(cc(-c4cccc(Cl)c4)cc3OCC3CCCN(C)C3)C2)o1. The molecular weight excluding hydrogens is 476 g/mol. The monoisotopic (exact) mass is 510 g/mol. The lowest BCUT2D eigenvalue weighted by molar-refractivity contribution is 0.146. The van der Waals surface area contributed by atoms with Gasteiger partial charge in [-0.05, 0) is 74.0 Å². The molecule has 6 nitrogen and oxygen atoms in total. The molecule has 0 aliphatic carbocycles. The van der Waals surface area contributed by atoms with Crippen LogP contribution in [-0.2, 0) is 24.4 Å². The molecule has 0 radical (unpaired) electrons. The van der Waals surface area contributed by atoms with E-state index in [1.54, 1.807) is 7.11 Å². The van der Waals surface area contributed by atoms with Crippen LogP contribution in [0.5, 0.6) is 11.5 Å². The molecule has 0 amide bonds. The van der Waals surface area contributed by atoms with Crippen molar-refractivity contribution >= 4 is 11.6 Å². The molecule has 2 aromatic carbocycles. The quantitative estimate of drug-likeness (QED) is 0.378. The Balaban J connectivity index is 1.41. The van der Waals surface area contributed by atoms with Gasteiger partial charge in [-0.25, -0.2) is 0 Å². The van der Waals surface area contributed by atoms with Gasteiger partial charge < -0.3 is 23.5 Å². The zero-order chi connectivity index (χ0) is 24.9. The Kier molecular flexibility index (Phi) is 8.17. The van der Waals surface area contributed by atoms with Crippen molar-refractivity contribution in [3.05, 3.63) is 70.6 Å². The van der Waals surface area contributed by atoms with Gasteiger partial charge in [0, 0.05) is 43.2 Å². The third kappa shape index (κ3) is 6.24. The summed E-state index contributed by atoms with van der Waals surface area (Å²) in [5, 5.41) is 0.720. The highest BCUT2D eigenvalue weighted by atomic mass is 35.5. The number of rotatable bonds is 8. The molecule has 3 heterocycles. The van der Waals surface area contributed by atoms with Gasteiger partial charge in [0.15, 0.2) is 11.5 Å². The summed E-state index contributed by atoms with van der Waals surface area (Å²) >= 11 is 6.33. The van der Waals surface area contributed by atoms with Gasteiger partial charge >= 0.3 is 0 Å². The summed E-state index contributed by atoms with van der Waals surface area (Å²) in [4.78, 5) is 4.74. The van der Waals surface area contributed by atoms with Crippen LogP contribution in [0.15, 0.2) is 52.9 Å². The van der Waals surface area contributed by atoms with Gasteiger partial charge in [0.1, 0.15) is 24.7 Å². The summed E-state index contributed by atoms with van der Waals surface area (Å²) in [6.45, 7) is 6.25. The zero-order valence-electron chi connectivity index (χ0n) is 21.2. The highest BCUT2D eigenvalue weighted by Crippen LogP contribution is 2.39. The van der Waals surface area contributed by atoms with E-state index in [4.69, 9.17) is 30.2 Å². The first-order valence-corrected chi connectivity index (χ1v) is 13.1. The molecule has 0 bridgehead atoms. The molecule has 1 atom stereocenters. The maximum atomic E-state index is 6.49. The van der Waals surface area contributed by atoms with Crippen LogP contribution in [0.3, 0.4) is 0 Å². The van der Waals surface area contributed by atoms with E-state index < -0.39 is 0 Å². The molecule has 0 spiro atoms. The van der Waals surface area contributed by atoms with Gasteiger partial charge in [0.25, 0.3) is 0 Å². The summed E-state index contributed by atoms with van der Waals surface area (Å²) < 4.78 is 23.9. The van der Waals surface area contributed by atoms with E-state index in [-0.39, 0.29) is 0 Å². The Morgan fingerprint density at radius 3 is 2.78 bits per heavy atom. The first-order valence-electron chi connectivity index (χ1n) is 12.7. The highest BCUT2D eigenvalue weighted by Gasteiger charge is 2.24. The Morgan fingerprint density at radius 2 is 1.94 bits per heavy atom. The average Bonchev–Trinajstić information content (AvgIpc) is 3.19. The number of fused-ring (bicyclic) bond motifs is 1. The normalized spacial score (nSPS) is 18.9. The van der Waals surface area contributed by atoms with Gasteiger partial charge in [-0.15, -0.1) is 0 Å². The number of nitrogens with zero attached hydrogens (tertiary/aromatic N) is 2. The third-order valence-electron chi connectivity index (χ3n) is 6.92. The molecule has 2 aliphatic rings. The number of methoxy groups -OCH3 is 1. The largest absolute Gasteiger partial charge is 0.489 e. The van der Waals surface area contributed by atoms with Crippen molar-refractivity contribution in [2.45, 2.75) is 32.5 Å². The number of ether oxygens (including phenoxy) is 3. The standard InChI is InChI=1S/C29H35ClN2O4/c1-31-10-4-5-21(16-31)19-35-28-15-23(22-6-3-7-25(30)14-22)13-24-17-32(11-12-34-29(24)28)18-26-8-9-27(36-26)20-33-2/h3,6-9,13-15,21H,4-5,10-12,16-20H2,1-2H3. The van der Waals surface area contributed by atoms with E-state index in [1.165, 1.54) is 12.8 Å². The molecule has 7 heteroatoms. The molecule has 0 saturated carbocycles. The fourth-order valence-electron chi connectivity index (χ4n) is 5.18. The summed E-state index contributed by atoms with van der Waals surface area (Å²) in [7, 11) is 3.86. The van der Waals surface area contributed by atoms with E-state index >= 15 is 0 Å². The Bertz CT molecular complexity index is 1160. The smallest absolute Gasteiger partial charge is 0.165 e. The zero-order valence-corrected chi connectivity index (χ0v) is 21.9. The minimum atomic E-state index is 0.479. The first-order chi connectivity index (χ1) is 17.6. The second-order valence-electron chi connectivity index (χ2n) is 9.91. The van der Waals surface area contributed by atoms with E-state index in [1.807, 2.05) is 30.3 Å². The van der Waals surface area contributed by atoms with E-state index in [2.05, 4.69) is 35.0 Å². The van der Waals surface area contributed by atoms with Crippen molar-refractivity contribution in [1.29, 1.82) is 0 Å². The number of hydrogen-bond acceptors (Lipinski definition) is 6. The predicted molar refractivity (Wildman–Crippen MR) is 142 cm³/mol. The van der Waals surface area contributed by atoms with Crippen LogP contribution in [0.1, 0.15) is 29.9 Å². The van der Waals surface area contributed by atoms with Crippen molar-refractivity contribution < 1.29 is 18.6 Å². The minimum absolute atomic E-state index is 0.479. The van der Waals surface area contributed by atoms with Gasteiger partial charge in [-0.1, -0.05) is 23.7 Å². The van der Waals surface area contributed by atoms with Crippen molar-refractivity contribution in [1.82, 2.24) is 9.80 Å². The molecule has 2 aliphatic heterocycles. The minimum Gasteiger partial charge on any atom is -0.489 e. The van der Waals surface area contributed by atoms with E-state index in [0.717, 1.165) is 70.9 Å². The topological polar surface area (TPSA) is 47.3 Å². The van der Waals surface area contributed by atoms with E-state index in [0.29, 0.717) is 32.3 Å². The Hall–Kier alpha value is -2.51. The number of benzene rings is 2. The van der Waals surface area contributed by atoms with Crippen LogP contribution in [0, 0.1) is 5.92 Å². The van der Waals surface area contributed by atoms with E-state index in [9.17, 15) is 0 Å². The fraction of sp³-hybridized carbons (Fsp3) is 0.448. The number of piperidine rings is 1. The van der Waals surface area contributed by atoms with Crippen LogP contribution in [0.2, 0.25) is 5.02 Å². The van der Waals surface area contributed by atoms with Crippen LogP contribution in [0.25, 0.3) is 11.1 Å². The maximum Gasteiger partial charge on any atom is 0.165 e. The Morgan fingerprint density at radius 1 is 1.06 bits per heavy atom. The molecule has 1 aromatic heterocycles. The molecule has 3 aromatic rings. The summed E-state index contributed by atoms with van der Waals surface area (Å²) in [5.74, 6) is 3.96. The second kappa shape index (κ2) is 11.7. The van der Waals surface area contributed by atoms with Crippen LogP contribution < -0.4 is 9.47 Å². The average molecular weight is 511 g/mol. The number of furan rings is 1. The molecule has 1 fully saturated rings. The lowest BCUT2D eigenvalue weighted by atomic mass is 9.99. The summed E-state index contributed by atoms with van der Waals surface area (Å²) in [6, 6.07) is 16.3. The van der Waals surface area contributed by atoms with Crippen molar-refractivity contribution in [3.63, 3.8) is 0 Å². The lowest BCUT2D eigenvalue weighted by Crippen LogP contribution is -2.34. The molecule has 192 valence electrons. The molecule has 1 unspecified atom stereocenters. The maximum absolute atomic E-state index is 6.49. The van der Waals surface area contributed by atoms with Crippen LogP contribution in [0.4, 0.5) is 0 Å². The van der Waals surface area contributed by atoms with Crippen molar-refractivity contribution in [3.8, 4) is 22.6 Å². The highest BCUT2D eigenvalue weighted by molar-refractivity contribution is 6.30. The van der Waals surface area contributed by atoms with Crippen molar-refractivity contribution in [2.24, 2.45) is 5.92 Å². The lowest BCUT2D eigenvalue weighted by Gasteiger charge is -2.29. The van der Waals surface area contributed by atoms with Crippen molar-refractivity contribution in [2.75, 3.05) is 47.0 Å². The van der Waals surface area contributed by atoms with Gasteiger partial charge in [-0.3, -0.25) is 4.90 Å². The number of hydrogen-bond donors (Lipinski definition) is 0. The summed E-state index contributed by atoms with van der Waals surface area (Å²) in [5.41, 5.74) is 3.26. The van der Waals surface area contributed by atoms with Gasteiger partial charge in [-0.2, -0.15) is 0 Å².